The first-order valence-electron chi connectivity index (χ1n) is 8.79. The molecular weight excluding hydrogens is 386 g/mol. The number of thiophene rings is 1. The standard InChI is InChI=1S/C19H19NO5S2/c21-17(20-14-7-8-27(23,24)11-14)10-25-19(22)16-9-13-6-5-12-3-1-2-4-15(12)18(13)26-16/h1-4,9,14H,5-8,10-11H2,(H,20,21)/t14-/m0/s1. The summed E-state index contributed by atoms with van der Waals surface area (Å²) < 4.78 is 28.0. The molecule has 1 saturated heterocycles. The number of sulfone groups is 1. The van der Waals surface area contributed by atoms with Crippen LogP contribution in [-0.4, -0.2) is 44.4 Å². The lowest BCUT2D eigenvalue weighted by Crippen LogP contribution is -2.38. The van der Waals surface area contributed by atoms with Crippen molar-refractivity contribution in [1.29, 1.82) is 0 Å². The SMILES string of the molecule is O=C(COC(=O)c1cc2c(s1)-c1ccccc1CC2)N[C@H]1CCS(=O)(=O)C1. The lowest BCUT2D eigenvalue weighted by Gasteiger charge is -2.15. The predicted octanol–water partition coefficient (Wildman–Crippen LogP) is 1.97. The van der Waals surface area contributed by atoms with Crippen molar-refractivity contribution >= 4 is 33.1 Å². The van der Waals surface area contributed by atoms with E-state index in [0.717, 1.165) is 28.8 Å². The third-order valence-corrected chi connectivity index (χ3v) is 7.83. The van der Waals surface area contributed by atoms with Gasteiger partial charge in [0.2, 0.25) is 0 Å². The van der Waals surface area contributed by atoms with E-state index in [4.69, 9.17) is 4.74 Å². The van der Waals surface area contributed by atoms with Gasteiger partial charge >= 0.3 is 5.97 Å². The zero-order chi connectivity index (χ0) is 19.0. The first kappa shape index (κ1) is 18.2. The van der Waals surface area contributed by atoms with Crippen LogP contribution in [0.2, 0.25) is 0 Å². The molecule has 2 aromatic rings. The zero-order valence-electron chi connectivity index (χ0n) is 14.6. The Labute approximate surface area is 161 Å². The van der Waals surface area contributed by atoms with E-state index in [2.05, 4.69) is 17.4 Å². The third kappa shape index (κ3) is 3.91. The van der Waals surface area contributed by atoms with Gasteiger partial charge in [-0.05, 0) is 42.0 Å². The van der Waals surface area contributed by atoms with E-state index in [9.17, 15) is 18.0 Å². The van der Waals surface area contributed by atoms with Crippen molar-refractivity contribution in [2.24, 2.45) is 0 Å². The first-order valence-corrected chi connectivity index (χ1v) is 11.4. The predicted molar refractivity (Wildman–Crippen MR) is 103 cm³/mol. The number of fused-ring (bicyclic) bond motifs is 3. The molecule has 27 heavy (non-hydrogen) atoms. The summed E-state index contributed by atoms with van der Waals surface area (Å²) >= 11 is 1.38. The summed E-state index contributed by atoms with van der Waals surface area (Å²) in [5.41, 5.74) is 3.56. The van der Waals surface area contributed by atoms with Crippen LogP contribution in [0, 0.1) is 0 Å². The molecule has 1 aliphatic heterocycles. The van der Waals surface area contributed by atoms with Gasteiger partial charge in [0.1, 0.15) is 4.88 Å². The quantitative estimate of drug-likeness (QED) is 0.786. The molecule has 1 atom stereocenters. The number of aryl methyl sites for hydroxylation is 2. The highest BCUT2D eigenvalue weighted by Gasteiger charge is 2.29. The fraction of sp³-hybridized carbons (Fsp3) is 0.368. The molecule has 1 N–H and O–H groups in total. The van der Waals surface area contributed by atoms with Crippen molar-refractivity contribution in [2.45, 2.75) is 25.3 Å². The molecule has 0 radical (unpaired) electrons. The molecule has 1 amide bonds. The van der Waals surface area contributed by atoms with E-state index in [-0.39, 0.29) is 11.5 Å². The van der Waals surface area contributed by atoms with Crippen LogP contribution in [0.3, 0.4) is 0 Å². The van der Waals surface area contributed by atoms with Gasteiger partial charge in [0.15, 0.2) is 16.4 Å². The van der Waals surface area contributed by atoms with E-state index in [1.807, 2.05) is 18.2 Å². The zero-order valence-corrected chi connectivity index (χ0v) is 16.2. The van der Waals surface area contributed by atoms with E-state index in [0.29, 0.717) is 11.3 Å². The van der Waals surface area contributed by atoms with E-state index >= 15 is 0 Å². The summed E-state index contributed by atoms with van der Waals surface area (Å²) in [5.74, 6) is -0.970. The van der Waals surface area contributed by atoms with Crippen LogP contribution >= 0.6 is 11.3 Å². The molecule has 2 aliphatic rings. The molecule has 0 unspecified atom stereocenters. The topological polar surface area (TPSA) is 89.5 Å². The normalized spacial score (nSPS) is 19.8. The average molecular weight is 405 g/mol. The highest BCUT2D eigenvalue weighted by Crippen LogP contribution is 2.39. The van der Waals surface area contributed by atoms with Crippen LogP contribution in [0.1, 0.15) is 27.2 Å². The number of amides is 1. The van der Waals surface area contributed by atoms with Crippen molar-refractivity contribution in [2.75, 3.05) is 18.1 Å². The largest absolute Gasteiger partial charge is 0.451 e. The maximum absolute atomic E-state index is 12.3. The molecule has 8 heteroatoms. The van der Waals surface area contributed by atoms with Crippen LogP contribution in [0.4, 0.5) is 0 Å². The lowest BCUT2D eigenvalue weighted by atomic mass is 9.91. The molecular formula is C19H19NO5S2. The molecule has 4 rings (SSSR count). The van der Waals surface area contributed by atoms with Crippen molar-refractivity contribution < 1.29 is 22.7 Å². The Morgan fingerprint density at radius 2 is 1.96 bits per heavy atom. The summed E-state index contributed by atoms with van der Waals surface area (Å²) in [5, 5.41) is 2.61. The molecule has 2 heterocycles. The van der Waals surface area contributed by atoms with Gasteiger partial charge in [-0.1, -0.05) is 24.3 Å². The minimum Gasteiger partial charge on any atom is -0.451 e. The van der Waals surface area contributed by atoms with Crippen LogP contribution < -0.4 is 5.32 Å². The maximum atomic E-state index is 12.3. The number of rotatable bonds is 4. The molecule has 6 nitrogen and oxygen atoms in total. The van der Waals surface area contributed by atoms with Crippen LogP contribution in [0.5, 0.6) is 0 Å². The third-order valence-electron chi connectivity index (χ3n) is 4.87. The van der Waals surface area contributed by atoms with Crippen molar-refractivity contribution in [3.05, 3.63) is 46.3 Å². The van der Waals surface area contributed by atoms with Gasteiger partial charge in [-0.2, -0.15) is 0 Å². The van der Waals surface area contributed by atoms with Gasteiger partial charge in [-0.25, -0.2) is 13.2 Å². The van der Waals surface area contributed by atoms with Gasteiger partial charge in [-0.15, -0.1) is 11.3 Å². The summed E-state index contributed by atoms with van der Waals surface area (Å²) in [7, 11) is -3.06. The first-order chi connectivity index (χ1) is 12.9. The molecule has 1 aromatic heterocycles. The van der Waals surface area contributed by atoms with Gasteiger partial charge in [0.05, 0.1) is 11.5 Å². The summed E-state index contributed by atoms with van der Waals surface area (Å²) in [6.07, 6.45) is 2.23. The van der Waals surface area contributed by atoms with Crippen molar-refractivity contribution in [1.82, 2.24) is 5.32 Å². The van der Waals surface area contributed by atoms with Gasteiger partial charge in [-0.3, -0.25) is 4.79 Å². The molecule has 1 fully saturated rings. The molecule has 0 spiro atoms. The highest BCUT2D eigenvalue weighted by molar-refractivity contribution is 7.91. The fourth-order valence-electron chi connectivity index (χ4n) is 3.55. The molecule has 0 bridgehead atoms. The number of ether oxygens (including phenoxy) is 1. The fourth-order valence-corrected chi connectivity index (χ4v) is 6.39. The molecule has 1 aliphatic carbocycles. The van der Waals surface area contributed by atoms with Crippen LogP contribution in [-0.2, 0) is 32.2 Å². The Kier molecular flexibility index (Phi) is 4.77. The summed E-state index contributed by atoms with van der Waals surface area (Å²) in [4.78, 5) is 25.8. The monoisotopic (exact) mass is 405 g/mol. The van der Waals surface area contributed by atoms with E-state index in [1.165, 1.54) is 16.9 Å². The molecule has 1 aromatic carbocycles. The number of carbonyl (C=O) groups is 2. The van der Waals surface area contributed by atoms with Gasteiger partial charge < -0.3 is 10.1 Å². The van der Waals surface area contributed by atoms with Gasteiger partial charge in [0, 0.05) is 10.9 Å². The summed E-state index contributed by atoms with van der Waals surface area (Å²) in [6.45, 7) is -0.408. The lowest BCUT2D eigenvalue weighted by molar-refractivity contribution is -0.124. The van der Waals surface area contributed by atoms with E-state index < -0.39 is 34.4 Å². The van der Waals surface area contributed by atoms with Gasteiger partial charge in [0.25, 0.3) is 5.91 Å². The maximum Gasteiger partial charge on any atom is 0.348 e. The smallest absolute Gasteiger partial charge is 0.348 e. The van der Waals surface area contributed by atoms with Crippen molar-refractivity contribution in [3.63, 3.8) is 0 Å². The second kappa shape index (κ2) is 7.09. The molecule has 142 valence electrons. The number of benzene rings is 1. The van der Waals surface area contributed by atoms with Crippen LogP contribution in [0.25, 0.3) is 10.4 Å². The van der Waals surface area contributed by atoms with Crippen LogP contribution in [0.15, 0.2) is 30.3 Å². The second-order valence-corrected chi connectivity index (χ2v) is 10.1. The number of nitrogens with one attached hydrogen (secondary N) is 1. The average Bonchev–Trinajstić information content (AvgIpc) is 3.22. The number of hydrogen-bond donors (Lipinski definition) is 1. The van der Waals surface area contributed by atoms with E-state index in [1.54, 1.807) is 0 Å². The Bertz CT molecular complexity index is 1010. The minimum absolute atomic E-state index is 0.0518. The Balaban J connectivity index is 1.37. The second-order valence-electron chi connectivity index (χ2n) is 6.87. The van der Waals surface area contributed by atoms with Crippen molar-refractivity contribution in [3.8, 4) is 10.4 Å². The number of hydrogen-bond acceptors (Lipinski definition) is 6. The summed E-state index contributed by atoms with van der Waals surface area (Å²) in [6, 6.07) is 9.61. The Morgan fingerprint density at radius 3 is 2.74 bits per heavy atom. The Hall–Kier alpha value is -2.19. The number of esters is 1. The highest BCUT2D eigenvalue weighted by atomic mass is 32.2. The molecule has 0 saturated carbocycles. The minimum atomic E-state index is -3.06. The Morgan fingerprint density at radius 1 is 1.19 bits per heavy atom. The number of carbonyl (C=O) groups excluding carboxylic acids is 2.